The van der Waals surface area contributed by atoms with Crippen LogP contribution in [0.1, 0.15) is 0 Å². The summed E-state index contributed by atoms with van der Waals surface area (Å²) in [5.74, 6) is -1.29. The van der Waals surface area contributed by atoms with Crippen molar-refractivity contribution >= 4 is 46.8 Å². The molecule has 0 fully saturated rings. The predicted octanol–water partition coefficient (Wildman–Crippen LogP) is 1.84. The van der Waals surface area contributed by atoms with E-state index in [0.29, 0.717) is 0 Å². The van der Waals surface area contributed by atoms with Gasteiger partial charge in [0, 0.05) is 24.3 Å². The molecular formula is C25H29N6O10+. The topological polar surface area (TPSA) is 203 Å². The van der Waals surface area contributed by atoms with Crippen molar-refractivity contribution in [3.8, 4) is 23.0 Å². The molecule has 6 N–H and O–H groups in total. The second-order valence-electron chi connectivity index (χ2n) is 8.23. The standard InChI is InChI=1S/C25H28N6O10/c1-38-20-9-14(18(32)7-16(20)28-24(36)40-3)26-22(34)11-30-5-6-31(13-30)12-23(35)27-15-10-21(39-2)17(8-19(15)33)29-25(37)41-4/h5-10,13H,11-12H2,1-4H3,(H5-,26,27,28,29,32,33,34,35,36,37)/p+1. The molecular weight excluding hydrogens is 544 g/mol. The first kappa shape index (κ1) is 29.9. The molecule has 0 bridgehead atoms. The van der Waals surface area contributed by atoms with Crippen LogP contribution in [0.25, 0.3) is 0 Å². The van der Waals surface area contributed by atoms with Crippen molar-refractivity contribution in [2.24, 2.45) is 0 Å². The smallest absolute Gasteiger partial charge is 0.411 e. The fraction of sp³-hybridized carbons (Fsp3) is 0.240. The number of phenols is 2. The molecule has 3 aromatic rings. The van der Waals surface area contributed by atoms with Crippen molar-refractivity contribution in [3.05, 3.63) is 43.0 Å². The maximum Gasteiger partial charge on any atom is 0.411 e. The number of amides is 4. The van der Waals surface area contributed by atoms with Crippen molar-refractivity contribution in [1.29, 1.82) is 0 Å². The summed E-state index contributed by atoms with van der Waals surface area (Å²) < 4.78 is 22.4. The van der Waals surface area contributed by atoms with Crippen LogP contribution < -0.4 is 35.3 Å². The Morgan fingerprint density at radius 1 is 0.732 bits per heavy atom. The number of carbonyl (C=O) groups is 4. The van der Waals surface area contributed by atoms with Gasteiger partial charge in [0.05, 0.1) is 51.2 Å². The molecule has 0 radical (unpaired) electrons. The van der Waals surface area contributed by atoms with Crippen LogP contribution in [0.2, 0.25) is 0 Å². The number of carbonyl (C=O) groups excluding carboxylic acids is 4. The summed E-state index contributed by atoms with van der Waals surface area (Å²) in [5, 5.41) is 30.5. The number of ether oxygens (including phenoxy) is 4. The van der Waals surface area contributed by atoms with Crippen molar-refractivity contribution in [2.45, 2.75) is 13.1 Å². The Bertz CT molecular complexity index is 1350. The lowest BCUT2D eigenvalue weighted by Crippen LogP contribution is -2.38. The van der Waals surface area contributed by atoms with Crippen molar-refractivity contribution in [2.75, 3.05) is 49.7 Å². The maximum atomic E-state index is 12.6. The number of methoxy groups -OCH3 is 4. The van der Waals surface area contributed by atoms with Crippen LogP contribution in [0.5, 0.6) is 23.0 Å². The molecule has 16 nitrogen and oxygen atoms in total. The number of aromatic hydroxyl groups is 2. The molecule has 2 aromatic carbocycles. The number of nitrogens with one attached hydrogen (secondary N) is 4. The van der Waals surface area contributed by atoms with Gasteiger partial charge >= 0.3 is 12.2 Å². The van der Waals surface area contributed by atoms with Gasteiger partial charge in [-0.1, -0.05) is 0 Å². The van der Waals surface area contributed by atoms with Crippen LogP contribution >= 0.6 is 0 Å². The Morgan fingerprint density at radius 3 is 1.68 bits per heavy atom. The molecule has 0 saturated heterocycles. The molecule has 0 aliphatic rings. The number of hydrogen-bond acceptors (Lipinski definition) is 10. The lowest BCUT2D eigenvalue weighted by atomic mass is 10.2. The minimum absolute atomic E-state index is 0.0460. The molecule has 0 spiro atoms. The molecule has 0 unspecified atom stereocenters. The highest BCUT2D eigenvalue weighted by Gasteiger charge is 2.18. The van der Waals surface area contributed by atoms with E-state index in [1.165, 1.54) is 68.2 Å². The first-order valence-electron chi connectivity index (χ1n) is 11.7. The summed E-state index contributed by atoms with van der Waals surface area (Å²) in [5.41, 5.74) is 0.370. The van der Waals surface area contributed by atoms with Crippen LogP contribution in [-0.2, 0) is 32.2 Å². The molecule has 4 amide bonds. The number of phenolic OH excluding ortho intramolecular Hbond substituents is 2. The van der Waals surface area contributed by atoms with E-state index in [1.54, 1.807) is 12.4 Å². The van der Waals surface area contributed by atoms with E-state index in [1.807, 2.05) is 0 Å². The van der Waals surface area contributed by atoms with E-state index in [-0.39, 0.29) is 58.8 Å². The molecule has 0 aliphatic carbocycles. The average Bonchev–Trinajstić information content (AvgIpc) is 3.37. The van der Waals surface area contributed by atoms with Crippen molar-refractivity contribution in [3.63, 3.8) is 0 Å². The number of imidazole rings is 1. The van der Waals surface area contributed by atoms with Gasteiger partial charge in [-0.2, -0.15) is 0 Å². The first-order chi connectivity index (χ1) is 19.6. The van der Waals surface area contributed by atoms with Crippen LogP contribution in [0.15, 0.2) is 43.0 Å². The number of benzene rings is 2. The first-order valence-corrected chi connectivity index (χ1v) is 11.7. The molecule has 3 rings (SSSR count). The summed E-state index contributed by atoms with van der Waals surface area (Å²) in [6.07, 6.45) is 3.09. The fourth-order valence-corrected chi connectivity index (χ4v) is 3.53. The molecule has 16 heteroatoms. The Hall–Kier alpha value is -5.67. The van der Waals surface area contributed by atoms with Gasteiger partial charge in [-0.15, -0.1) is 0 Å². The summed E-state index contributed by atoms with van der Waals surface area (Å²) in [4.78, 5) is 48.1. The second kappa shape index (κ2) is 13.4. The van der Waals surface area contributed by atoms with Crippen LogP contribution in [0, 0.1) is 0 Å². The number of nitrogens with zero attached hydrogens (tertiary/aromatic N) is 2. The minimum atomic E-state index is -0.767. The van der Waals surface area contributed by atoms with E-state index in [4.69, 9.17) is 9.47 Å². The number of aromatic nitrogens is 2. The van der Waals surface area contributed by atoms with Gasteiger partial charge in [-0.05, 0) is 0 Å². The fourth-order valence-electron chi connectivity index (χ4n) is 3.53. The highest BCUT2D eigenvalue weighted by molar-refractivity contribution is 5.95. The predicted molar refractivity (Wildman–Crippen MR) is 143 cm³/mol. The Balaban J connectivity index is 1.61. The second-order valence-corrected chi connectivity index (χ2v) is 8.23. The summed E-state index contributed by atoms with van der Waals surface area (Å²) in [6, 6.07) is 5.07. The summed E-state index contributed by atoms with van der Waals surface area (Å²) >= 11 is 0. The van der Waals surface area contributed by atoms with Gasteiger partial charge in [0.1, 0.15) is 35.4 Å². The zero-order valence-electron chi connectivity index (χ0n) is 22.5. The quantitative estimate of drug-likeness (QED) is 0.153. The van der Waals surface area contributed by atoms with E-state index in [2.05, 4.69) is 30.7 Å². The monoisotopic (exact) mass is 573 g/mol. The normalized spacial score (nSPS) is 10.2. The summed E-state index contributed by atoms with van der Waals surface area (Å²) in [6.45, 7) is -0.323. The van der Waals surface area contributed by atoms with Crippen LogP contribution in [0.4, 0.5) is 32.3 Å². The van der Waals surface area contributed by atoms with Gasteiger partial charge in [-0.3, -0.25) is 20.2 Å². The van der Waals surface area contributed by atoms with Gasteiger partial charge in [-0.25, -0.2) is 18.7 Å². The number of anilines is 4. The molecule has 1 heterocycles. The minimum Gasteiger partial charge on any atom is -0.506 e. The van der Waals surface area contributed by atoms with Gasteiger partial charge < -0.3 is 39.8 Å². The summed E-state index contributed by atoms with van der Waals surface area (Å²) in [7, 11) is 5.07. The molecule has 218 valence electrons. The zero-order valence-corrected chi connectivity index (χ0v) is 22.5. The third kappa shape index (κ3) is 7.92. The number of hydrogen-bond donors (Lipinski definition) is 6. The van der Waals surface area contributed by atoms with Crippen LogP contribution in [0.3, 0.4) is 0 Å². The highest BCUT2D eigenvalue weighted by Crippen LogP contribution is 2.36. The lowest BCUT2D eigenvalue weighted by molar-refractivity contribution is -0.683. The SMILES string of the molecule is COC(=O)Nc1cc(O)c(NC(=O)Cn2cc[n+](CC(=O)Nc3cc(OC)c(NC(=O)OC)cc3O)c2)cc1OC. The third-order valence-electron chi connectivity index (χ3n) is 5.43. The number of rotatable bonds is 10. The average molecular weight is 574 g/mol. The van der Waals surface area contributed by atoms with E-state index < -0.39 is 24.0 Å². The third-order valence-corrected chi connectivity index (χ3v) is 5.43. The van der Waals surface area contributed by atoms with E-state index >= 15 is 0 Å². The molecule has 0 atom stereocenters. The Labute approximate surface area is 233 Å². The zero-order chi connectivity index (χ0) is 30.1. The van der Waals surface area contributed by atoms with E-state index in [9.17, 15) is 29.4 Å². The molecule has 1 aromatic heterocycles. The van der Waals surface area contributed by atoms with Gasteiger partial charge in [0.25, 0.3) is 11.8 Å². The van der Waals surface area contributed by atoms with Crippen LogP contribution in [-0.4, -0.2) is 67.2 Å². The van der Waals surface area contributed by atoms with Crippen molar-refractivity contribution < 1.29 is 52.9 Å². The molecule has 0 saturated carbocycles. The molecule has 41 heavy (non-hydrogen) atoms. The Morgan fingerprint density at radius 2 is 1.22 bits per heavy atom. The molecule has 0 aliphatic heterocycles. The highest BCUT2D eigenvalue weighted by atomic mass is 16.5. The largest absolute Gasteiger partial charge is 0.506 e. The van der Waals surface area contributed by atoms with E-state index in [0.717, 1.165) is 0 Å². The maximum absolute atomic E-state index is 12.6. The lowest BCUT2D eigenvalue weighted by Gasteiger charge is -2.13. The van der Waals surface area contributed by atoms with Crippen molar-refractivity contribution in [1.82, 2.24) is 4.57 Å². The Kier molecular flexibility index (Phi) is 9.77. The van der Waals surface area contributed by atoms with Gasteiger partial charge in [0.2, 0.25) is 6.33 Å². The van der Waals surface area contributed by atoms with Gasteiger partial charge in [0.15, 0.2) is 13.1 Å².